The molecule has 4 heteroatoms. The van der Waals surface area contributed by atoms with Crippen LogP contribution in [0.5, 0.6) is 0 Å². The van der Waals surface area contributed by atoms with E-state index in [-0.39, 0.29) is 30.0 Å². The molecule has 118 valence electrons. The van der Waals surface area contributed by atoms with Gasteiger partial charge in [-0.2, -0.15) is 5.26 Å². The molecule has 0 spiro atoms. The van der Waals surface area contributed by atoms with Crippen LogP contribution in [-0.4, -0.2) is 43.3 Å². The lowest BCUT2D eigenvalue weighted by molar-refractivity contribution is 0.119. The zero-order valence-electron chi connectivity index (χ0n) is 14.4. The Morgan fingerprint density at radius 2 is 1.90 bits per heavy atom. The lowest BCUT2D eigenvalue weighted by atomic mass is 9.84. The largest absolute Gasteiger partial charge is 0.395 e. The van der Waals surface area contributed by atoms with E-state index in [1.54, 1.807) is 0 Å². The molecule has 0 bridgehead atoms. The zero-order valence-corrected chi connectivity index (χ0v) is 15.4. The smallest absolute Gasteiger partial charge is 0.129 e. The topological polar surface area (TPSA) is 47.3 Å². The number of nitrogens with zero attached hydrogens (tertiary/aromatic N) is 2. The molecule has 1 heterocycles. The maximum atomic E-state index is 9.63. The molecule has 21 heavy (non-hydrogen) atoms. The van der Waals surface area contributed by atoms with Gasteiger partial charge < -0.3 is 5.11 Å². The van der Waals surface area contributed by atoms with Crippen molar-refractivity contribution in [1.29, 1.82) is 5.26 Å². The van der Waals surface area contributed by atoms with Crippen molar-refractivity contribution in [3.05, 3.63) is 0 Å². The summed E-state index contributed by atoms with van der Waals surface area (Å²) in [5.74, 6) is 3.32. The average molecular weight is 307 g/mol. The third-order valence-corrected chi connectivity index (χ3v) is 4.74. The van der Waals surface area contributed by atoms with Crippen molar-refractivity contribution in [2.75, 3.05) is 13.2 Å². The standard InChI is InChI=1S/C17H30N2OSi/c1-17(2,3)11-16-14(12-18)10-15(13-20)19(16)8-7-9-21(4,5)6/h14-16,20H,8,10-11,13H2,1-6H3. The third kappa shape index (κ3) is 5.83. The molecule has 0 aliphatic carbocycles. The number of likely N-dealkylation sites (tertiary alicyclic amines) is 1. The van der Waals surface area contributed by atoms with Gasteiger partial charge in [0.25, 0.3) is 0 Å². The van der Waals surface area contributed by atoms with Crippen LogP contribution in [0.25, 0.3) is 0 Å². The molecular weight excluding hydrogens is 276 g/mol. The van der Waals surface area contributed by atoms with Crippen LogP contribution in [0.3, 0.4) is 0 Å². The van der Waals surface area contributed by atoms with E-state index in [9.17, 15) is 10.4 Å². The molecule has 0 aromatic heterocycles. The fourth-order valence-electron chi connectivity index (χ4n) is 2.93. The molecule has 0 saturated carbocycles. The first-order chi connectivity index (χ1) is 9.57. The lowest BCUT2D eigenvalue weighted by Crippen LogP contribution is -2.41. The number of aliphatic hydroxyl groups excluding tert-OH is 1. The van der Waals surface area contributed by atoms with Gasteiger partial charge >= 0.3 is 0 Å². The average Bonchev–Trinajstić information content (AvgIpc) is 2.63. The molecule has 3 unspecified atom stereocenters. The number of rotatable bonds is 3. The van der Waals surface area contributed by atoms with Gasteiger partial charge in [0.2, 0.25) is 0 Å². The maximum absolute atomic E-state index is 9.63. The number of aliphatic hydroxyl groups is 1. The molecule has 0 aromatic carbocycles. The molecular formula is C17H30N2OSi. The first-order valence-electron chi connectivity index (χ1n) is 7.83. The van der Waals surface area contributed by atoms with Crippen molar-refractivity contribution in [1.82, 2.24) is 4.90 Å². The van der Waals surface area contributed by atoms with Gasteiger partial charge in [-0.3, -0.25) is 4.90 Å². The molecule has 3 atom stereocenters. The van der Waals surface area contributed by atoms with Gasteiger partial charge in [0.15, 0.2) is 0 Å². The summed E-state index contributed by atoms with van der Waals surface area (Å²) in [7, 11) is -1.37. The van der Waals surface area contributed by atoms with Crippen LogP contribution in [0.15, 0.2) is 0 Å². The minimum atomic E-state index is -1.37. The Hall–Kier alpha value is -0.813. The molecule has 1 saturated heterocycles. The van der Waals surface area contributed by atoms with Crippen LogP contribution in [0.4, 0.5) is 0 Å². The van der Waals surface area contributed by atoms with Crippen LogP contribution >= 0.6 is 0 Å². The molecule has 1 N–H and O–H groups in total. The van der Waals surface area contributed by atoms with Crippen LogP contribution in [0.2, 0.25) is 19.6 Å². The SMILES string of the molecule is CC(C)(C)CC1C(C#N)CC(CO)N1CC#C[Si](C)(C)C. The third-order valence-electron chi connectivity index (χ3n) is 3.81. The monoisotopic (exact) mass is 306 g/mol. The summed E-state index contributed by atoms with van der Waals surface area (Å²) in [5, 5.41) is 19.1. The zero-order chi connectivity index (χ0) is 16.3. The van der Waals surface area contributed by atoms with Crippen molar-refractivity contribution >= 4 is 8.07 Å². The van der Waals surface area contributed by atoms with Crippen molar-refractivity contribution in [3.63, 3.8) is 0 Å². The summed E-state index contributed by atoms with van der Waals surface area (Å²) in [6.07, 6.45) is 1.73. The highest BCUT2D eigenvalue weighted by atomic mass is 28.3. The Labute approximate surface area is 131 Å². The Morgan fingerprint density at radius 3 is 2.33 bits per heavy atom. The van der Waals surface area contributed by atoms with Crippen molar-refractivity contribution in [3.8, 4) is 17.5 Å². The normalized spacial score (nSPS) is 27.0. The number of hydrogen-bond donors (Lipinski definition) is 1. The lowest BCUT2D eigenvalue weighted by Gasteiger charge is -2.32. The number of hydrogen-bond acceptors (Lipinski definition) is 3. The van der Waals surface area contributed by atoms with E-state index in [1.807, 2.05) is 0 Å². The van der Waals surface area contributed by atoms with E-state index in [1.165, 1.54) is 0 Å². The summed E-state index contributed by atoms with van der Waals surface area (Å²) in [6, 6.07) is 2.74. The van der Waals surface area contributed by atoms with Gasteiger partial charge in [-0.15, -0.1) is 5.54 Å². The predicted molar refractivity (Wildman–Crippen MR) is 90.3 cm³/mol. The minimum Gasteiger partial charge on any atom is -0.395 e. The summed E-state index contributed by atoms with van der Waals surface area (Å²) in [4.78, 5) is 2.27. The van der Waals surface area contributed by atoms with E-state index in [0.717, 1.165) is 12.8 Å². The van der Waals surface area contributed by atoms with Gasteiger partial charge in [-0.05, 0) is 18.3 Å². The molecule has 0 amide bonds. The Bertz CT molecular complexity index is 445. The van der Waals surface area contributed by atoms with Gasteiger partial charge in [0, 0.05) is 12.1 Å². The highest BCUT2D eigenvalue weighted by molar-refractivity contribution is 6.83. The minimum absolute atomic E-state index is 0.00931. The summed E-state index contributed by atoms with van der Waals surface area (Å²) in [5.41, 5.74) is 3.57. The van der Waals surface area contributed by atoms with Gasteiger partial charge in [0.05, 0.1) is 25.1 Å². The van der Waals surface area contributed by atoms with Crippen LogP contribution < -0.4 is 0 Å². The second kappa shape index (κ2) is 6.96. The van der Waals surface area contributed by atoms with E-state index >= 15 is 0 Å². The first kappa shape index (κ1) is 18.2. The van der Waals surface area contributed by atoms with Gasteiger partial charge in [-0.1, -0.05) is 46.3 Å². The quantitative estimate of drug-likeness (QED) is 0.644. The molecule has 0 aromatic rings. The molecule has 1 fully saturated rings. The van der Waals surface area contributed by atoms with Gasteiger partial charge in [-0.25, -0.2) is 0 Å². The molecule has 3 nitrogen and oxygen atoms in total. The van der Waals surface area contributed by atoms with Crippen LogP contribution in [0.1, 0.15) is 33.6 Å². The summed E-state index contributed by atoms with van der Waals surface area (Å²) >= 11 is 0. The second-order valence-corrected chi connectivity index (χ2v) is 13.1. The van der Waals surface area contributed by atoms with E-state index < -0.39 is 8.07 Å². The molecule has 1 aliphatic heterocycles. The Balaban J connectivity index is 2.91. The Morgan fingerprint density at radius 1 is 1.29 bits per heavy atom. The Kier molecular flexibility index (Phi) is 6.05. The van der Waals surface area contributed by atoms with Crippen molar-refractivity contribution in [2.45, 2.75) is 65.3 Å². The maximum Gasteiger partial charge on any atom is 0.129 e. The van der Waals surface area contributed by atoms with Crippen molar-refractivity contribution in [2.24, 2.45) is 11.3 Å². The summed E-state index contributed by atoms with van der Waals surface area (Å²) in [6.45, 7) is 14.1. The van der Waals surface area contributed by atoms with Crippen molar-refractivity contribution < 1.29 is 5.11 Å². The second-order valence-electron chi connectivity index (χ2n) is 8.36. The summed E-state index contributed by atoms with van der Waals surface area (Å²) < 4.78 is 0. The van der Waals surface area contributed by atoms with E-state index in [4.69, 9.17) is 0 Å². The number of nitriles is 1. The first-order valence-corrected chi connectivity index (χ1v) is 11.3. The highest BCUT2D eigenvalue weighted by Gasteiger charge is 2.42. The van der Waals surface area contributed by atoms with E-state index in [0.29, 0.717) is 6.54 Å². The fraction of sp³-hybridized carbons (Fsp3) is 0.824. The van der Waals surface area contributed by atoms with E-state index in [2.05, 4.69) is 62.8 Å². The predicted octanol–water partition coefficient (Wildman–Crippen LogP) is 2.88. The van der Waals surface area contributed by atoms with Crippen LogP contribution in [0, 0.1) is 34.1 Å². The molecule has 1 aliphatic rings. The van der Waals surface area contributed by atoms with Gasteiger partial charge in [0.1, 0.15) is 8.07 Å². The van der Waals surface area contributed by atoms with Crippen LogP contribution in [-0.2, 0) is 0 Å². The molecule has 1 rings (SSSR count). The molecule has 0 radical (unpaired) electrons. The fourth-order valence-corrected chi connectivity index (χ4v) is 3.54. The highest BCUT2D eigenvalue weighted by Crippen LogP contribution is 2.36.